The lowest BCUT2D eigenvalue weighted by Gasteiger charge is -2.27. The molecule has 0 atom stereocenters. The molecule has 0 unspecified atom stereocenters. The minimum absolute atomic E-state index is 0.244. The maximum atomic E-state index is 13.2. The summed E-state index contributed by atoms with van der Waals surface area (Å²) in [6, 6.07) is 10.2. The second kappa shape index (κ2) is 7.01. The van der Waals surface area contributed by atoms with Crippen molar-refractivity contribution in [2.24, 2.45) is 0 Å². The predicted octanol–water partition coefficient (Wildman–Crippen LogP) is 3.82. The van der Waals surface area contributed by atoms with Crippen LogP contribution >= 0.6 is 0 Å². The Morgan fingerprint density at radius 3 is 2.86 bits per heavy atom. The number of rotatable bonds is 4. The van der Waals surface area contributed by atoms with Crippen molar-refractivity contribution in [1.29, 1.82) is 0 Å². The fourth-order valence-electron chi connectivity index (χ4n) is 3.57. The Morgan fingerprint density at radius 2 is 2.04 bits per heavy atom. The van der Waals surface area contributed by atoms with Gasteiger partial charge in [-0.1, -0.05) is 0 Å². The number of aromatic nitrogens is 4. The fourth-order valence-corrected chi connectivity index (χ4v) is 3.57. The highest BCUT2D eigenvalue weighted by atomic mass is 19.1. The zero-order valence-electron chi connectivity index (χ0n) is 15.1. The number of H-pyrrole nitrogens is 1. The van der Waals surface area contributed by atoms with Crippen LogP contribution in [0.25, 0.3) is 22.8 Å². The number of fused-ring (bicyclic) bond motifs is 1. The van der Waals surface area contributed by atoms with E-state index in [4.69, 9.17) is 4.42 Å². The number of nitrogens with one attached hydrogen (secondary N) is 1. The molecule has 140 valence electrons. The van der Waals surface area contributed by atoms with Gasteiger partial charge in [0.05, 0.1) is 23.8 Å². The summed E-state index contributed by atoms with van der Waals surface area (Å²) >= 11 is 0. The van der Waals surface area contributed by atoms with Gasteiger partial charge < -0.3 is 4.42 Å². The molecule has 0 bridgehead atoms. The Labute approximate surface area is 161 Å². The molecule has 0 spiro atoms. The largest absolute Gasteiger partial charge is 0.461 e. The number of benzene rings is 1. The summed E-state index contributed by atoms with van der Waals surface area (Å²) in [4.78, 5) is 11.5. The average Bonchev–Trinajstić information content (AvgIpc) is 3.41. The van der Waals surface area contributed by atoms with Crippen LogP contribution in [-0.4, -0.2) is 31.6 Å². The van der Waals surface area contributed by atoms with Gasteiger partial charge in [-0.05, 0) is 36.4 Å². The lowest BCUT2D eigenvalue weighted by molar-refractivity contribution is 0.243. The first kappa shape index (κ1) is 16.8. The van der Waals surface area contributed by atoms with E-state index in [-0.39, 0.29) is 5.82 Å². The van der Waals surface area contributed by atoms with Gasteiger partial charge in [0, 0.05) is 48.9 Å². The molecule has 7 heteroatoms. The van der Waals surface area contributed by atoms with E-state index in [0.29, 0.717) is 11.6 Å². The zero-order chi connectivity index (χ0) is 18.9. The normalized spacial score (nSPS) is 14.2. The molecule has 3 aromatic heterocycles. The standard InChI is InChI=1S/C21H18FN5O/c22-17-5-3-14(4-6-17)20-16(11-24-26-20)13-27-8-7-18-15(12-27)10-23-21(25-18)19-2-1-9-28-19/h1-6,9-11H,7-8,12-13H2,(H,24,26). The summed E-state index contributed by atoms with van der Waals surface area (Å²) < 4.78 is 18.6. The molecular weight excluding hydrogens is 357 g/mol. The zero-order valence-corrected chi connectivity index (χ0v) is 15.1. The van der Waals surface area contributed by atoms with Gasteiger partial charge in [0.25, 0.3) is 0 Å². The molecule has 0 fully saturated rings. The van der Waals surface area contributed by atoms with Crippen molar-refractivity contribution >= 4 is 0 Å². The average molecular weight is 375 g/mol. The van der Waals surface area contributed by atoms with Crippen LogP contribution in [0.1, 0.15) is 16.8 Å². The molecule has 4 aromatic rings. The van der Waals surface area contributed by atoms with Crippen LogP contribution in [0.2, 0.25) is 0 Å². The lowest BCUT2D eigenvalue weighted by Crippen LogP contribution is -2.31. The fraction of sp³-hybridized carbons (Fsp3) is 0.190. The van der Waals surface area contributed by atoms with E-state index < -0.39 is 0 Å². The lowest BCUT2D eigenvalue weighted by atomic mass is 10.0. The highest BCUT2D eigenvalue weighted by Crippen LogP contribution is 2.26. The van der Waals surface area contributed by atoms with Crippen LogP contribution in [-0.2, 0) is 19.5 Å². The molecule has 1 aliphatic heterocycles. The van der Waals surface area contributed by atoms with Crippen LogP contribution in [0.4, 0.5) is 4.39 Å². The smallest absolute Gasteiger partial charge is 0.195 e. The van der Waals surface area contributed by atoms with Crippen molar-refractivity contribution in [2.75, 3.05) is 6.54 Å². The summed E-state index contributed by atoms with van der Waals surface area (Å²) in [6.07, 6.45) is 6.21. The van der Waals surface area contributed by atoms with Crippen molar-refractivity contribution in [3.63, 3.8) is 0 Å². The van der Waals surface area contributed by atoms with E-state index in [0.717, 1.165) is 54.1 Å². The second-order valence-corrected chi connectivity index (χ2v) is 6.88. The first-order chi connectivity index (χ1) is 13.8. The molecule has 0 saturated heterocycles. The molecule has 0 aliphatic carbocycles. The van der Waals surface area contributed by atoms with E-state index in [1.807, 2.05) is 24.5 Å². The Hall–Kier alpha value is -3.32. The molecule has 5 rings (SSSR count). The highest BCUT2D eigenvalue weighted by molar-refractivity contribution is 5.62. The van der Waals surface area contributed by atoms with E-state index in [2.05, 4.69) is 25.1 Å². The third kappa shape index (κ3) is 3.20. The van der Waals surface area contributed by atoms with Crippen LogP contribution in [0.15, 0.2) is 59.5 Å². The van der Waals surface area contributed by atoms with Gasteiger partial charge in [-0.15, -0.1) is 0 Å². The van der Waals surface area contributed by atoms with Crippen LogP contribution in [0.5, 0.6) is 0 Å². The molecular formula is C21H18FN5O. The van der Waals surface area contributed by atoms with Gasteiger partial charge in [0.15, 0.2) is 11.6 Å². The molecule has 6 nitrogen and oxygen atoms in total. The third-order valence-corrected chi connectivity index (χ3v) is 5.00. The van der Waals surface area contributed by atoms with Gasteiger partial charge in [0.1, 0.15) is 5.82 Å². The number of hydrogen-bond donors (Lipinski definition) is 1. The molecule has 4 heterocycles. The van der Waals surface area contributed by atoms with E-state index >= 15 is 0 Å². The molecule has 0 radical (unpaired) electrons. The predicted molar refractivity (Wildman–Crippen MR) is 102 cm³/mol. The first-order valence-corrected chi connectivity index (χ1v) is 9.15. The quantitative estimate of drug-likeness (QED) is 0.587. The van der Waals surface area contributed by atoms with Gasteiger partial charge >= 0.3 is 0 Å². The third-order valence-electron chi connectivity index (χ3n) is 5.00. The summed E-state index contributed by atoms with van der Waals surface area (Å²) in [6.45, 7) is 2.43. The minimum atomic E-state index is -0.244. The van der Waals surface area contributed by atoms with Crippen LogP contribution < -0.4 is 0 Å². The van der Waals surface area contributed by atoms with Gasteiger partial charge in [-0.2, -0.15) is 5.10 Å². The Balaban J connectivity index is 1.34. The summed E-state index contributed by atoms with van der Waals surface area (Å²) in [5, 5.41) is 7.23. The van der Waals surface area contributed by atoms with Crippen molar-refractivity contribution < 1.29 is 8.81 Å². The number of furan rings is 1. The SMILES string of the molecule is Fc1ccc(-c2[nH]ncc2CN2CCc3nc(-c4ccco4)ncc3C2)cc1. The number of halogens is 1. The number of hydrogen-bond acceptors (Lipinski definition) is 5. The number of aromatic amines is 1. The van der Waals surface area contributed by atoms with Crippen LogP contribution in [0.3, 0.4) is 0 Å². The summed E-state index contributed by atoms with van der Waals surface area (Å²) in [7, 11) is 0. The second-order valence-electron chi connectivity index (χ2n) is 6.88. The molecule has 1 N–H and O–H groups in total. The van der Waals surface area contributed by atoms with Gasteiger partial charge in [0.2, 0.25) is 0 Å². The molecule has 1 aromatic carbocycles. The number of nitrogens with zero attached hydrogens (tertiary/aromatic N) is 4. The van der Waals surface area contributed by atoms with Crippen molar-refractivity contribution in [2.45, 2.75) is 19.5 Å². The monoisotopic (exact) mass is 375 g/mol. The van der Waals surface area contributed by atoms with Crippen molar-refractivity contribution in [3.8, 4) is 22.8 Å². The van der Waals surface area contributed by atoms with E-state index in [1.165, 1.54) is 12.1 Å². The van der Waals surface area contributed by atoms with Gasteiger partial charge in [-0.3, -0.25) is 10.00 Å². The topological polar surface area (TPSA) is 70.8 Å². The van der Waals surface area contributed by atoms with E-state index in [1.54, 1.807) is 18.4 Å². The Morgan fingerprint density at radius 1 is 1.14 bits per heavy atom. The Bertz CT molecular complexity index is 1090. The highest BCUT2D eigenvalue weighted by Gasteiger charge is 2.21. The maximum Gasteiger partial charge on any atom is 0.195 e. The van der Waals surface area contributed by atoms with Crippen LogP contribution in [0, 0.1) is 5.82 Å². The van der Waals surface area contributed by atoms with Crippen molar-refractivity contribution in [1.82, 2.24) is 25.1 Å². The molecule has 0 saturated carbocycles. The summed E-state index contributed by atoms with van der Waals surface area (Å²) in [5.74, 6) is 1.07. The van der Waals surface area contributed by atoms with Crippen molar-refractivity contribution in [3.05, 3.63) is 77.7 Å². The first-order valence-electron chi connectivity index (χ1n) is 9.15. The summed E-state index contributed by atoms with van der Waals surface area (Å²) in [5.41, 5.74) is 5.15. The molecule has 1 aliphatic rings. The van der Waals surface area contributed by atoms with Gasteiger partial charge in [-0.25, -0.2) is 14.4 Å². The molecule has 28 heavy (non-hydrogen) atoms. The maximum absolute atomic E-state index is 13.2. The minimum Gasteiger partial charge on any atom is -0.461 e. The molecule has 0 amide bonds. The van der Waals surface area contributed by atoms with E-state index in [9.17, 15) is 4.39 Å². The Kier molecular flexibility index (Phi) is 4.21.